The number of rotatable bonds is 14. The van der Waals surface area contributed by atoms with Crippen molar-refractivity contribution in [2.75, 3.05) is 20.3 Å². The summed E-state index contributed by atoms with van der Waals surface area (Å²) in [6.45, 7) is 3.91. The van der Waals surface area contributed by atoms with E-state index < -0.39 is 24.1 Å². The maximum Gasteiger partial charge on any atom is 0.303 e. The van der Waals surface area contributed by atoms with E-state index in [1.807, 2.05) is 54.6 Å². The largest absolute Gasteiger partial charge is 0.497 e. The predicted molar refractivity (Wildman–Crippen MR) is 128 cm³/mol. The van der Waals surface area contributed by atoms with E-state index in [-0.39, 0.29) is 13.2 Å². The summed E-state index contributed by atoms with van der Waals surface area (Å²) in [4.78, 5) is 22.8. The van der Waals surface area contributed by atoms with E-state index in [0.29, 0.717) is 13.2 Å². The fraction of sp³-hybridized carbons (Fsp3) is 0.333. The van der Waals surface area contributed by atoms with Crippen LogP contribution in [0.2, 0.25) is 0 Å². The van der Waals surface area contributed by atoms with Crippen LogP contribution in [0.3, 0.4) is 0 Å². The van der Waals surface area contributed by atoms with Gasteiger partial charge in [0.1, 0.15) is 18.0 Å². The van der Waals surface area contributed by atoms with Gasteiger partial charge in [-0.25, -0.2) is 0 Å². The molecule has 182 valence electrons. The van der Waals surface area contributed by atoms with Gasteiger partial charge in [-0.05, 0) is 35.4 Å². The molecule has 0 aliphatic rings. The fourth-order valence-corrected chi connectivity index (χ4v) is 2.94. The van der Waals surface area contributed by atoms with Crippen molar-refractivity contribution in [3.05, 3.63) is 90.0 Å². The van der Waals surface area contributed by atoms with E-state index in [9.17, 15) is 9.59 Å². The highest BCUT2D eigenvalue weighted by Gasteiger charge is 2.10. The molecule has 0 amide bonds. The molecule has 0 radical (unpaired) electrons. The first-order valence-electron chi connectivity index (χ1n) is 11.0. The molecule has 0 fully saturated rings. The molecule has 34 heavy (non-hydrogen) atoms. The van der Waals surface area contributed by atoms with Crippen LogP contribution in [0.4, 0.5) is 0 Å². The van der Waals surface area contributed by atoms with Crippen LogP contribution in [0, 0.1) is 0 Å². The summed E-state index contributed by atoms with van der Waals surface area (Å²) in [6, 6.07) is 17.3. The van der Waals surface area contributed by atoms with Crippen LogP contribution < -0.4 is 4.74 Å². The van der Waals surface area contributed by atoms with E-state index in [2.05, 4.69) is 0 Å². The number of hydrogen-bond donors (Lipinski definition) is 0. The molecular formula is C27H32O7. The zero-order valence-electron chi connectivity index (χ0n) is 19.8. The Morgan fingerprint density at radius 2 is 1.21 bits per heavy atom. The van der Waals surface area contributed by atoms with Gasteiger partial charge < -0.3 is 23.7 Å². The Morgan fingerprint density at radius 1 is 0.735 bits per heavy atom. The smallest absolute Gasteiger partial charge is 0.303 e. The normalized spacial score (nSPS) is 13.0. The van der Waals surface area contributed by atoms with Crippen LogP contribution in [-0.2, 0) is 41.8 Å². The predicted octanol–water partition coefficient (Wildman–Crippen LogP) is 4.40. The molecule has 2 aromatic carbocycles. The topological polar surface area (TPSA) is 80.3 Å². The van der Waals surface area contributed by atoms with Crippen molar-refractivity contribution in [2.45, 2.75) is 39.3 Å². The van der Waals surface area contributed by atoms with Crippen LogP contribution in [0.5, 0.6) is 5.75 Å². The molecular weight excluding hydrogens is 436 g/mol. The zero-order valence-corrected chi connectivity index (χ0v) is 19.8. The molecule has 0 saturated heterocycles. The first kappa shape index (κ1) is 26.8. The summed E-state index contributed by atoms with van der Waals surface area (Å²) < 4.78 is 27.1. The Kier molecular flexibility index (Phi) is 12.2. The lowest BCUT2D eigenvalue weighted by Gasteiger charge is -2.14. The van der Waals surface area contributed by atoms with Crippen LogP contribution in [-0.4, -0.2) is 44.5 Å². The first-order chi connectivity index (χ1) is 16.5. The molecule has 0 bridgehead atoms. The molecule has 7 heteroatoms. The van der Waals surface area contributed by atoms with Crippen LogP contribution in [0.15, 0.2) is 78.9 Å². The number of ether oxygens (including phenoxy) is 5. The zero-order chi connectivity index (χ0) is 24.6. The van der Waals surface area contributed by atoms with Gasteiger partial charge in [-0.3, -0.25) is 9.59 Å². The second-order valence-electron chi connectivity index (χ2n) is 7.43. The number of carbonyl (C=O) groups excluding carboxylic acids is 2. The summed E-state index contributed by atoms with van der Waals surface area (Å²) in [5.41, 5.74) is 2.01. The van der Waals surface area contributed by atoms with Crippen molar-refractivity contribution in [3.8, 4) is 5.75 Å². The van der Waals surface area contributed by atoms with Crippen molar-refractivity contribution in [1.82, 2.24) is 0 Å². The summed E-state index contributed by atoms with van der Waals surface area (Å²) in [5, 5.41) is 0. The van der Waals surface area contributed by atoms with Gasteiger partial charge in [-0.1, -0.05) is 54.6 Å². The minimum Gasteiger partial charge on any atom is -0.497 e. The third-order valence-electron chi connectivity index (χ3n) is 4.50. The van der Waals surface area contributed by atoms with Gasteiger partial charge in [0.15, 0.2) is 0 Å². The lowest BCUT2D eigenvalue weighted by Crippen LogP contribution is -2.20. The summed E-state index contributed by atoms with van der Waals surface area (Å²) in [7, 11) is 1.61. The summed E-state index contributed by atoms with van der Waals surface area (Å²) >= 11 is 0. The van der Waals surface area contributed by atoms with E-state index >= 15 is 0 Å². The van der Waals surface area contributed by atoms with Crippen molar-refractivity contribution in [1.29, 1.82) is 0 Å². The molecule has 2 atom stereocenters. The minimum absolute atomic E-state index is 0.198. The van der Waals surface area contributed by atoms with Crippen LogP contribution >= 0.6 is 0 Å². The molecule has 2 aromatic rings. The van der Waals surface area contributed by atoms with Crippen molar-refractivity contribution < 1.29 is 33.3 Å². The lowest BCUT2D eigenvalue weighted by atomic mass is 10.2. The number of hydrogen-bond acceptors (Lipinski definition) is 7. The second-order valence-corrected chi connectivity index (χ2v) is 7.43. The van der Waals surface area contributed by atoms with Crippen molar-refractivity contribution in [2.24, 2.45) is 0 Å². The lowest BCUT2D eigenvalue weighted by molar-refractivity contribution is -0.147. The third-order valence-corrected chi connectivity index (χ3v) is 4.50. The van der Waals surface area contributed by atoms with Crippen molar-refractivity contribution in [3.63, 3.8) is 0 Å². The Hall–Kier alpha value is -3.42. The summed E-state index contributed by atoms with van der Waals surface area (Å²) in [5.74, 6) is -0.0285. The van der Waals surface area contributed by atoms with E-state index in [1.54, 1.807) is 31.4 Å². The maximum absolute atomic E-state index is 11.4. The summed E-state index contributed by atoms with van der Waals surface area (Å²) in [6.07, 6.45) is 5.77. The number of esters is 2. The van der Waals surface area contributed by atoms with Crippen molar-refractivity contribution >= 4 is 11.9 Å². The Labute approximate surface area is 200 Å². The highest BCUT2D eigenvalue weighted by Crippen LogP contribution is 2.12. The molecule has 0 heterocycles. The Morgan fingerprint density at radius 3 is 1.65 bits per heavy atom. The van der Waals surface area contributed by atoms with Gasteiger partial charge in [0.05, 0.1) is 33.5 Å². The molecule has 0 N–H and O–H groups in total. The monoisotopic (exact) mass is 468 g/mol. The second kappa shape index (κ2) is 15.4. The number of methoxy groups -OCH3 is 1. The Bertz CT molecular complexity index is 920. The van der Waals surface area contributed by atoms with Gasteiger partial charge >= 0.3 is 11.9 Å². The highest BCUT2D eigenvalue weighted by molar-refractivity contribution is 5.66. The molecule has 0 spiro atoms. The van der Waals surface area contributed by atoms with E-state index in [4.69, 9.17) is 23.7 Å². The minimum atomic E-state index is -0.554. The maximum atomic E-state index is 11.4. The number of benzene rings is 2. The van der Waals surface area contributed by atoms with Gasteiger partial charge in [-0.2, -0.15) is 0 Å². The highest BCUT2D eigenvalue weighted by atomic mass is 16.6. The number of allylic oxidation sites excluding steroid dienone is 2. The average Bonchev–Trinajstić information content (AvgIpc) is 2.82. The quantitative estimate of drug-likeness (QED) is 0.300. The fourth-order valence-electron chi connectivity index (χ4n) is 2.94. The van der Waals surface area contributed by atoms with Crippen LogP contribution in [0.25, 0.3) is 0 Å². The molecule has 2 rings (SSSR count). The van der Waals surface area contributed by atoms with Gasteiger partial charge in [0.25, 0.3) is 0 Å². The van der Waals surface area contributed by atoms with E-state index in [1.165, 1.54) is 13.8 Å². The number of carbonyl (C=O) groups is 2. The first-order valence-corrected chi connectivity index (χ1v) is 11.0. The van der Waals surface area contributed by atoms with E-state index in [0.717, 1.165) is 16.9 Å². The molecule has 0 aliphatic carbocycles. The van der Waals surface area contributed by atoms with Gasteiger partial charge in [0, 0.05) is 13.8 Å². The molecule has 0 saturated carbocycles. The van der Waals surface area contributed by atoms with Gasteiger partial charge in [-0.15, -0.1) is 0 Å². The average molecular weight is 469 g/mol. The molecule has 0 unspecified atom stereocenters. The standard InChI is InChI=1S/C27H32O7/c1-21(28)33-26(19-31-17-23-9-5-4-6-10-23)11-7-8-12-27(34-22(2)29)20-32-18-24-13-15-25(30-3)16-14-24/h4-16,26-27H,17-20H2,1-3H3/b11-7+,12-8+/t26-,27-/m1/s1. The Balaban J connectivity index is 1.85. The molecule has 0 aromatic heterocycles. The SMILES string of the molecule is COc1ccc(COC[C@@H](/C=C/C=C/[C@H](COCc2ccccc2)OC(C)=O)OC(C)=O)cc1. The third kappa shape index (κ3) is 11.4. The molecule has 0 aliphatic heterocycles. The molecule has 7 nitrogen and oxygen atoms in total. The van der Waals surface area contributed by atoms with Gasteiger partial charge in [0.2, 0.25) is 0 Å². The van der Waals surface area contributed by atoms with Crippen LogP contribution in [0.1, 0.15) is 25.0 Å².